The van der Waals surface area contributed by atoms with Gasteiger partial charge in [-0.05, 0) is 55.9 Å². The Morgan fingerprint density at radius 1 is 1.00 bits per heavy atom. The summed E-state index contributed by atoms with van der Waals surface area (Å²) in [4.78, 5) is 7.64. The number of nitrogens with zero attached hydrogens (tertiary/aromatic N) is 1. The number of H-pyrrole nitrogens is 1. The van der Waals surface area contributed by atoms with E-state index < -0.39 is 0 Å². The maximum atomic E-state index is 5.95. The van der Waals surface area contributed by atoms with Crippen molar-refractivity contribution >= 4 is 12.4 Å². The van der Waals surface area contributed by atoms with Gasteiger partial charge in [0.05, 0.1) is 18.6 Å². The highest BCUT2D eigenvalue weighted by Crippen LogP contribution is 2.27. The highest BCUT2D eigenvalue weighted by atomic mass is 35.5. The second-order valence-electron chi connectivity index (χ2n) is 6.46. The minimum absolute atomic E-state index is 0. The zero-order valence-electron chi connectivity index (χ0n) is 14.6. The van der Waals surface area contributed by atoms with Gasteiger partial charge in [0.2, 0.25) is 0 Å². The van der Waals surface area contributed by atoms with Gasteiger partial charge in [0.1, 0.15) is 17.2 Å². The molecule has 0 radical (unpaired) electrons. The van der Waals surface area contributed by atoms with Crippen LogP contribution in [0.2, 0.25) is 0 Å². The lowest BCUT2D eigenvalue weighted by Gasteiger charge is -2.21. The second kappa shape index (κ2) is 8.77. The molecule has 0 fully saturated rings. The number of aromatic nitrogens is 2. The molecule has 1 unspecified atom stereocenters. The number of hydrogen-bond donors (Lipinski definition) is 1. The van der Waals surface area contributed by atoms with Crippen molar-refractivity contribution in [1.29, 1.82) is 0 Å². The van der Waals surface area contributed by atoms with Crippen LogP contribution in [0.3, 0.4) is 0 Å². The topological polar surface area (TPSA) is 47.1 Å². The molecule has 1 N–H and O–H groups in total. The molecule has 136 valence electrons. The van der Waals surface area contributed by atoms with E-state index >= 15 is 0 Å². The summed E-state index contributed by atoms with van der Waals surface area (Å²) in [7, 11) is 0. The van der Waals surface area contributed by atoms with Gasteiger partial charge >= 0.3 is 0 Å². The van der Waals surface area contributed by atoms with Crippen molar-refractivity contribution in [2.45, 2.75) is 25.7 Å². The van der Waals surface area contributed by atoms with Gasteiger partial charge in [0.15, 0.2) is 0 Å². The van der Waals surface area contributed by atoms with Crippen LogP contribution in [0.4, 0.5) is 0 Å². The van der Waals surface area contributed by atoms with E-state index in [1.165, 1.54) is 17.8 Å². The van der Waals surface area contributed by atoms with Crippen molar-refractivity contribution in [3.63, 3.8) is 0 Å². The van der Waals surface area contributed by atoms with E-state index in [0.29, 0.717) is 5.92 Å². The Labute approximate surface area is 160 Å². The van der Waals surface area contributed by atoms with Crippen LogP contribution in [-0.2, 0) is 12.8 Å². The molecule has 1 atom stereocenters. The summed E-state index contributed by atoms with van der Waals surface area (Å²) in [5.41, 5.74) is 2.54. The highest BCUT2D eigenvalue weighted by Gasteiger charge is 2.20. The summed E-state index contributed by atoms with van der Waals surface area (Å²) in [6.45, 7) is 0.721. The van der Waals surface area contributed by atoms with E-state index in [1.54, 1.807) is 0 Å². The molecule has 5 heteroatoms. The first kappa shape index (κ1) is 18.3. The number of halogens is 1. The number of rotatable bonds is 6. The Balaban J connectivity index is 0.00000196. The van der Waals surface area contributed by atoms with Gasteiger partial charge in [0, 0.05) is 11.8 Å². The summed E-state index contributed by atoms with van der Waals surface area (Å²) in [6.07, 6.45) is 6.22. The number of aryl methyl sites for hydroxylation is 1. The molecule has 0 bridgehead atoms. The lowest BCUT2D eigenvalue weighted by Crippen LogP contribution is -2.16. The van der Waals surface area contributed by atoms with Gasteiger partial charge in [-0.2, -0.15) is 0 Å². The molecule has 2 aromatic carbocycles. The summed E-state index contributed by atoms with van der Waals surface area (Å²) < 4.78 is 11.8. The van der Waals surface area contributed by atoms with E-state index in [9.17, 15) is 0 Å². The Kier molecular flexibility index (Phi) is 6.18. The van der Waals surface area contributed by atoms with Crippen molar-refractivity contribution < 1.29 is 9.47 Å². The smallest absolute Gasteiger partial charge is 0.131 e. The maximum Gasteiger partial charge on any atom is 0.131 e. The monoisotopic (exact) mass is 370 g/mol. The van der Waals surface area contributed by atoms with E-state index in [1.807, 2.05) is 60.9 Å². The molecule has 0 amide bonds. The lowest BCUT2D eigenvalue weighted by atomic mass is 9.88. The van der Waals surface area contributed by atoms with Crippen molar-refractivity contribution in [3.8, 4) is 17.2 Å². The van der Waals surface area contributed by atoms with Gasteiger partial charge in [-0.1, -0.05) is 24.3 Å². The highest BCUT2D eigenvalue weighted by molar-refractivity contribution is 5.85. The fraction of sp³-hybridized carbons (Fsp3) is 0.286. The average molecular weight is 371 g/mol. The fourth-order valence-electron chi connectivity index (χ4n) is 3.31. The van der Waals surface area contributed by atoms with E-state index in [4.69, 9.17) is 9.47 Å². The van der Waals surface area contributed by atoms with Crippen molar-refractivity contribution in [1.82, 2.24) is 9.97 Å². The van der Waals surface area contributed by atoms with Crippen molar-refractivity contribution in [3.05, 3.63) is 72.3 Å². The Bertz CT molecular complexity index is 820. The Morgan fingerprint density at radius 3 is 2.69 bits per heavy atom. The Hall–Kier alpha value is -2.46. The van der Waals surface area contributed by atoms with Gasteiger partial charge in [-0.3, -0.25) is 0 Å². The Morgan fingerprint density at radius 2 is 1.81 bits per heavy atom. The molecular weight excluding hydrogens is 348 g/mol. The number of para-hydroxylation sites is 1. The molecule has 1 aromatic heterocycles. The molecule has 0 aliphatic heterocycles. The maximum absolute atomic E-state index is 5.95. The van der Waals surface area contributed by atoms with Crippen LogP contribution in [-0.4, -0.2) is 16.6 Å². The standard InChI is InChI=1S/C21H22N2O2.ClH/c1-2-5-17(6-3-1)25-19-8-4-7-18(14-19)24-12-11-16-9-10-20-21(13-16)23-15-22-20;/h1-8,14-16H,9-13H2,(H,22,23);1H. The van der Waals surface area contributed by atoms with Gasteiger partial charge < -0.3 is 14.5 Å². The molecule has 26 heavy (non-hydrogen) atoms. The van der Waals surface area contributed by atoms with Crippen LogP contribution in [0.5, 0.6) is 17.2 Å². The third-order valence-electron chi connectivity index (χ3n) is 4.67. The normalized spacial score (nSPS) is 15.6. The fourth-order valence-corrected chi connectivity index (χ4v) is 3.31. The number of hydrogen-bond acceptors (Lipinski definition) is 3. The van der Waals surface area contributed by atoms with Crippen LogP contribution in [0, 0.1) is 5.92 Å². The summed E-state index contributed by atoms with van der Waals surface area (Å²) in [5.74, 6) is 3.13. The molecule has 0 saturated heterocycles. The van der Waals surface area contributed by atoms with Crippen LogP contribution in [0.25, 0.3) is 0 Å². The first-order chi connectivity index (χ1) is 12.4. The molecule has 3 aromatic rings. The van der Waals surface area contributed by atoms with Crippen molar-refractivity contribution in [2.24, 2.45) is 5.92 Å². The summed E-state index contributed by atoms with van der Waals surface area (Å²) in [6, 6.07) is 17.6. The lowest BCUT2D eigenvalue weighted by molar-refractivity contribution is 0.265. The minimum Gasteiger partial charge on any atom is -0.493 e. The molecule has 0 spiro atoms. The first-order valence-electron chi connectivity index (χ1n) is 8.84. The number of benzene rings is 2. The summed E-state index contributed by atoms with van der Waals surface area (Å²) >= 11 is 0. The third kappa shape index (κ3) is 4.58. The molecule has 1 heterocycles. The quantitative estimate of drug-likeness (QED) is 0.648. The largest absolute Gasteiger partial charge is 0.493 e. The predicted molar refractivity (Wildman–Crippen MR) is 104 cm³/mol. The zero-order chi connectivity index (χ0) is 16.9. The summed E-state index contributed by atoms with van der Waals surface area (Å²) in [5, 5.41) is 0. The first-order valence-corrected chi connectivity index (χ1v) is 8.84. The molecule has 1 aliphatic rings. The van der Waals surface area contributed by atoms with Crippen LogP contribution in [0.1, 0.15) is 24.2 Å². The van der Waals surface area contributed by atoms with Gasteiger partial charge in [-0.15, -0.1) is 12.4 Å². The van der Waals surface area contributed by atoms with Gasteiger partial charge in [0.25, 0.3) is 0 Å². The number of nitrogens with one attached hydrogen (secondary N) is 1. The minimum atomic E-state index is 0. The van der Waals surface area contributed by atoms with Gasteiger partial charge in [-0.25, -0.2) is 4.98 Å². The SMILES string of the molecule is Cl.c1ccc(Oc2cccc(OCCC3CCc4[nH]cnc4C3)c2)cc1. The van der Waals surface area contributed by atoms with E-state index in [2.05, 4.69) is 9.97 Å². The van der Waals surface area contributed by atoms with Crippen molar-refractivity contribution in [2.75, 3.05) is 6.61 Å². The average Bonchev–Trinajstić information content (AvgIpc) is 3.11. The van der Waals surface area contributed by atoms with Crippen LogP contribution in [0.15, 0.2) is 60.9 Å². The molecule has 4 rings (SSSR count). The molecule has 4 nitrogen and oxygen atoms in total. The van der Waals surface area contributed by atoms with Crippen LogP contribution >= 0.6 is 12.4 Å². The number of aromatic amines is 1. The third-order valence-corrected chi connectivity index (χ3v) is 4.67. The number of fused-ring (bicyclic) bond motifs is 1. The zero-order valence-corrected chi connectivity index (χ0v) is 15.4. The number of imidazole rings is 1. The number of ether oxygens (including phenoxy) is 2. The van der Waals surface area contributed by atoms with E-state index in [0.717, 1.165) is 43.1 Å². The second-order valence-corrected chi connectivity index (χ2v) is 6.46. The molecular formula is C21H23ClN2O2. The van der Waals surface area contributed by atoms with E-state index in [-0.39, 0.29) is 12.4 Å². The molecule has 0 saturated carbocycles. The van der Waals surface area contributed by atoms with Crippen LogP contribution < -0.4 is 9.47 Å². The molecule has 1 aliphatic carbocycles. The predicted octanol–water partition coefficient (Wildman–Crippen LogP) is 5.20.